The van der Waals surface area contributed by atoms with E-state index >= 15 is 0 Å². The number of carbonyl (C=O) groups is 1. The number of likely N-dealkylation sites (tertiary alicyclic amines) is 1. The predicted molar refractivity (Wildman–Crippen MR) is 94.3 cm³/mol. The number of hydrogen-bond acceptors (Lipinski definition) is 3. The second-order valence-corrected chi connectivity index (χ2v) is 8.18. The molecule has 1 aliphatic rings. The summed E-state index contributed by atoms with van der Waals surface area (Å²) in [6.07, 6.45) is 1.90. The van der Waals surface area contributed by atoms with Gasteiger partial charge in [-0.15, -0.1) is 0 Å². The fraction of sp³-hybridized carbons (Fsp3) is 0.316. The van der Waals surface area contributed by atoms with E-state index in [4.69, 9.17) is 0 Å². The van der Waals surface area contributed by atoms with Gasteiger partial charge < -0.3 is 4.90 Å². The number of rotatable bonds is 5. The van der Waals surface area contributed by atoms with Crippen molar-refractivity contribution in [3.05, 3.63) is 71.8 Å². The summed E-state index contributed by atoms with van der Waals surface area (Å²) in [6.45, 7) is 1.32. The zero-order valence-corrected chi connectivity index (χ0v) is 14.3. The topological polar surface area (TPSA) is 54.5 Å². The third-order valence-electron chi connectivity index (χ3n) is 4.35. The van der Waals surface area contributed by atoms with E-state index in [2.05, 4.69) is 0 Å². The summed E-state index contributed by atoms with van der Waals surface area (Å²) in [7, 11) is -3.66. The number of benzene rings is 2. The molecular formula is C19H21NO3S. The van der Waals surface area contributed by atoms with Crippen molar-refractivity contribution < 1.29 is 13.2 Å². The van der Waals surface area contributed by atoms with E-state index in [9.17, 15) is 13.2 Å². The summed E-state index contributed by atoms with van der Waals surface area (Å²) in [5.41, 5.74) is 1.39. The Bertz CT molecular complexity index is 742. The van der Waals surface area contributed by atoms with Crippen molar-refractivity contribution in [2.24, 2.45) is 0 Å². The normalized spacial score (nSPS) is 15.0. The largest absolute Gasteiger partial charge is 0.342 e. The molecule has 0 aliphatic carbocycles. The van der Waals surface area contributed by atoms with Gasteiger partial charge in [-0.25, -0.2) is 8.42 Å². The molecular weight excluding hydrogens is 322 g/mol. The molecule has 0 bridgehead atoms. The van der Waals surface area contributed by atoms with Crippen molar-refractivity contribution >= 4 is 15.7 Å². The fourth-order valence-electron chi connectivity index (χ4n) is 3.18. The van der Waals surface area contributed by atoms with E-state index in [0.717, 1.165) is 12.8 Å². The van der Waals surface area contributed by atoms with Crippen molar-refractivity contribution in [1.82, 2.24) is 4.90 Å². The minimum absolute atomic E-state index is 0.288. The molecule has 4 nitrogen and oxygen atoms in total. The molecule has 5 heteroatoms. The van der Waals surface area contributed by atoms with Crippen LogP contribution in [0.25, 0.3) is 0 Å². The first-order chi connectivity index (χ1) is 11.6. The molecule has 1 amide bonds. The fourth-order valence-corrected chi connectivity index (χ4v) is 5.01. The number of amides is 1. The highest BCUT2D eigenvalue weighted by Crippen LogP contribution is 2.31. The highest BCUT2D eigenvalue weighted by molar-refractivity contribution is 7.92. The van der Waals surface area contributed by atoms with Gasteiger partial charge in [0.05, 0.1) is 0 Å². The Kier molecular flexibility index (Phi) is 5.00. The monoisotopic (exact) mass is 343 g/mol. The molecule has 0 aromatic heterocycles. The second kappa shape index (κ2) is 7.18. The van der Waals surface area contributed by atoms with E-state index in [1.54, 1.807) is 29.2 Å². The van der Waals surface area contributed by atoms with Crippen molar-refractivity contribution in [2.75, 3.05) is 18.8 Å². The standard InChI is InChI=1S/C19H21NO3S/c21-18(20-13-7-8-14-20)15-24(22,23)19(16-9-3-1-4-10-16)17-11-5-2-6-12-17/h1-6,9-12,19H,7-8,13-15H2. The van der Waals surface area contributed by atoms with Gasteiger partial charge in [-0.3, -0.25) is 4.79 Å². The van der Waals surface area contributed by atoms with Crippen LogP contribution in [-0.4, -0.2) is 38.1 Å². The van der Waals surface area contributed by atoms with E-state index in [-0.39, 0.29) is 5.91 Å². The Labute approximate surface area is 143 Å². The van der Waals surface area contributed by atoms with Crippen LogP contribution in [0.4, 0.5) is 0 Å². The van der Waals surface area contributed by atoms with Gasteiger partial charge in [0.15, 0.2) is 9.84 Å². The lowest BCUT2D eigenvalue weighted by Gasteiger charge is -2.21. The zero-order valence-electron chi connectivity index (χ0n) is 13.5. The number of carbonyl (C=O) groups excluding carboxylic acids is 1. The van der Waals surface area contributed by atoms with Crippen LogP contribution in [0.15, 0.2) is 60.7 Å². The van der Waals surface area contributed by atoms with Crippen LogP contribution in [0, 0.1) is 0 Å². The van der Waals surface area contributed by atoms with E-state index in [1.807, 2.05) is 36.4 Å². The molecule has 0 radical (unpaired) electrons. The second-order valence-electron chi connectivity index (χ2n) is 6.10. The highest BCUT2D eigenvalue weighted by Gasteiger charge is 2.33. The summed E-state index contributed by atoms with van der Waals surface area (Å²) < 4.78 is 26.1. The van der Waals surface area contributed by atoms with Gasteiger partial charge >= 0.3 is 0 Å². The van der Waals surface area contributed by atoms with Crippen LogP contribution in [-0.2, 0) is 14.6 Å². The quantitative estimate of drug-likeness (QED) is 0.839. The van der Waals surface area contributed by atoms with Crippen LogP contribution in [0.3, 0.4) is 0 Å². The minimum atomic E-state index is -3.66. The predicted octanol–water partition coefficient (Wildman–Crippen LogP) is 2.81. The zero-order chi connectivity index (χ0) is 17.0. The molecule has 1 aliphatic heterocycles. The van der Waals surface area contributed by atoms with Crippen LogP contribution in [0.2, 0.25) is 0 Å². The molecule has 2 aromatic carbocycles. The smallest absolute Gasteiger partial charge is 0.237 e. The van der Waals surface area contributed by atoms with E-state index in [0.29, 0.717) is 24.2 Å². The Morgan fingerprint density at radius 3 is 1.79 bits per heavy atom. The minimum Gasteiger partial charge on any atom is -0.342 e. The van der Waals surface area contributed by atoms with Gasteiger partial charge in [-0.05, 0) is 24.0 Å². The van der Waals surface area contributed by atoms with Crippen LogP contribution in [0.5, 0.6) is 0 Å². The summed E-state index contributed by atoms with van der Waals surface area (Å²) in [5.74, 6) is -0.731. The average molecular weight is 343 g/mol. The Morgan fingerprint density at radius 2 is 1.33 bits per heavy atom. The highest BCUT2D eigenvalue weighted by atomic mass is 32.2. The van der Waals surface area contributed by atoms with Crippen molar-refractivity contribution in [1.29, 1.82) is 0 Å². The first kappa shape index (κ1) is 16.7. The molecule has 0 spiro atoms. The van der Waals surface area contributed by atoms with Crippen LogP contribution in [0.1, 0.15) is 29.2 Å². The van der Waals surface area contributed by atoms with Gasteiger partial charge in [0.1, 0.15) is 11.0 Å². The van der Waals surface area contributed by atoms with Gasteiger partial charge in [-0.1, -0.05) is 60.7 Å². The summed E-state index contributed by atoms with van der Waals surface area (Å²) in [5, 5.41) is -0.813. The van der Waals surface area contributed by atoms with Crippen molar-refractivity contribution in [2.45, 2.75) is 18.1 Å². The lowest BCUT2D eigenvalue weighted by Crippen LogP contribution is -2.35. The van der Waals surface area contributed by atoms with Gasteiger partial charge in [0.25, 0.3) is 0 Å². The molecule has 1 fully saturated rings. The number of sulfone groups is 1. The van der Waals surface area contributed by atoms with Crippen LogP contribution < -0.4 is 0 Å². The van der Waals surface area contributed by atoms with Gasteiger partial charge in [0.2, 0.25) is 5.91 Å². The SMILES string of the molecule is O=C(CS(=O)(=O)C(c1ccccc1)c1ccccc1)N1CCCC1. The third-order valence-corrected chi connectivity index (χ3v) is 6.26. The Balaban J connectivity index is 1.94. The maximum atomic E-state index is 13.1. The third kappa shape index (κ3) is 3.67. The Hall–Kier alpha value is -2.14. The summed E-state index contributed by atoms with van der Waals surface area (Å²) in [4.78, 5) is 14.0. The van der Waals surface area contributed by atoms with Crippen LogP contribution >= 0.6 is 0 Å². The van der Waals surface area contributed by atoms with Gasteiger partial charge in [0, 0.05) is 13.1 Å². The van der Waals surface area contributed by atoms with Gasteiger partial charge in [-0.2, -0.15) is 0 Å². The lowest BCUT2D eigenvalue weighted by atomic mass is 10.0. The maximum Gasteiger partial charge on any atom is 0.237 e. The molecule has 0 atom stereocenters. The maximum absolute atomic E-state index is 13.1. The molecule has 24 heavy (non-hydrogen) atoms. The number of nitrogens with zero attached hydrogens (tertiary/aromatic N) is 1. The molecule has 0 saturated carbocycles. The summed E-state index contributed by atoms with van der Waals surface area (Å²) >= 11 is 0. The van der Waals surface area contributed by atoms with E-state index in [1.165, 1.54) is 0 Å². The van der Waals surface area contributed by atoms with Crippen molar-refractivity contribution in [3.63, 3.8) is 0 Å². The molecule has 126 valence electrons. The average Bonchev–Trinajstić information content (AvgIpc) is 3.11. The lowest BCUT2D eigenvalue weighted by molar-refractivity contribution is -0.127. The van der Waals surface area contributed by atoms with Crippen molar-refractivity contribution in [3.8, 4) is 0 Å². The summed E-state index contributed by atoms with van der Waals surface area (Å²) in [6, 6.07) is 18.2. The number of hydrogen-bond donors (Lipinski definition) is 0. The molecule has 1 heterocycles. The first-order valence-electron chi connectivity index (χ1n) is 8.17. The molecule has 2 aromatic rings. The van der Waals surface area contributed by atoms with E-state index < -0.39 is 20.8 Å². The molecule has 1 saturated heterocycles. The molecule has 0 unspecified atom stereocenters. The molecule has 0 N–H and O–H groups in total. The Morgan fingerprint density at radius 1 is 0.875 bits per heavy atom. The molecule has 3 rings (SSSR count). The first-order valence-corrected chi connectivity index (χ1v) is 9.89.